The van der Waals surface area contributed by atoms with Crippen LogP contribution in [0, 0.1) is 0 Å². The van der Waals surface area contributed by atoms with E-state index in [0.717, 1.165) is 18.5 Å². The van der Waals surface area contributed by atoms with Crippen LogP contribution in [0.15, 0.2) is 61.3 Å². The zero-order chi connectivity index (χ0) is 11.2. The number of rotatable bonds is 4. The van der Waals surface area contributed by atoms with Gasteiger partial charge in [0.05, 0.1) is 5.69 Å². The van der Waals surface area contributed by atoms with E-state index in [2.05, 4.69) is 35.8 Å². The summed E-state index contributed by atoms with van der Waals surface area (Å²) in [4.78, 5) is 4.39. The lowest BCUT2D eigenvalue weighted by atomic mass is 10.1. The van der Waals surface area contributed by atoms with Crippen molar-refractivity contribution in [3.05, 3.63) is 66.9 Å². The number of hydrogen-bond donors (Lipinski definition) is 0. The molecule has 0 amide bonds. The van der Waals surface area contributed by atoms with Crippen LogP contribution in [0.5, 0.6) is 0 Å². The lowest BCUT2D eigenvalue weighted by Crippen LogP contribution is -1.88. The van der Waals surface area contributed by atoms with Crippen LogP contribution in [0.2, 0.25) is 0 Å². The average molecular weight is 209 g/mol. The predicted molar refractivity (Wildman–Crippen MR) is 68.2 cm³/mol. The minimum atomic E-state index is 1.01. The van der Waals surface area contributed by atoms with Crippen LogP contribution >= 0.6 is 0 Å². The topological polar surface area (TPSA) is 12.9 Å². The standard InChI is InChI=1S/C15H15N/c1-2-3-7-13-10-11-16-15(12-13)14-8-5-4-6-9-14/h2,4-6,8-12H,1,3,7H2. The molecule has 0 saturated carbocycles. The summed E-state index contributed by atoms with van der Waals surface area (Å²) in [6.07, 6.45) is 5.87. The zero-order valence-electron chi connectivity index (χ0n) is 9.26. The Morgan fingerprint density at radius 1 is 1.12 bits per heavy atom. The molecule has 0 radical (unpaired) electrons. The fraction of sp³-hybridized carbons (Fsp3) is 0.133. The van der Waals surface area contributed by atoms with Gasteiger partial charge in [-0.1, -0.05) is 36.4 Å². The molecule has 1 nitrogen and oxygen atoms in total. The first-order valence-electron chi connectivity index (χ1n) is 5.51. The molecule has 0 aliphatic heterocycles. The molecule has 0 fully saturated rings. The summed E-state index contributed by atoms with van der Waals surface area (Å²) in [5.74, 6) is 0. The molecule has 1 aromatic heterocycles. The van der Waals surface area contributed by atoms with Crippen molar-refractivity contribution in [2.24, 2.45) is 0 Å². The third-order valence-electron chi connectivity index (χ3n) is 2.53. The minimum Gasteiger partial charge on any atom is -0.256 e. The summed E-state index contributed by atoms with van der Waals surface area (Å²) in [5.41, 5.74) is 3.53. The van der Waals surface area contributed by atoms with Crippen LogP contribution in [-0.2, 0) is 6.42 Å². The second kappa shape index (κ2) is 5.26. The molecule has 0 aliphatic carbocycles. The van der Waals surface area contributed by atoms with Gasteiger partial charge in [0.15, 0.2) is 0 Å². The van der Waals surface area contributed by atoms with Crippen molar-refractivity contribution in [3.63, 3.8) is 0 Å². The largest absolute Gasteiger partial charge is 0.256 e. The summed E-state index contributed by atoms with van der Waals surface area (Å²) in [6.45, 7) is 3.74. The van der Waals surface area contributed by atoms with Gasteiger partial charge in [-0.05, 0) is 30.5 Å². The van der Waals surface area contributed by atoms with E-state index in [1.54, 1.807) is 0 Å². The average Bonchev–Trinajstić information content (AvgIpc) is 2.38. The number of pyridine rings is 1. The third kappa shape index (κ3) is 2.57. The molecule has 1 heteroatoms. The van der Waals surface area contributed by atoms with Gasteiger partial charge >= 0.3 is 0 Å². The van der Waals surface area contributed by atoms with E-state index in [1.807, 2.05) is 30.5 Å². The van der Waals surface area contributed by atoms with Gasteiger partial charge in [-0.3, -0.25) is 4.98 Å². The van der Waals surface area contributed by atoms with Crippen molar-refractivity contribution >= 4 is 0 Å². The molecular weight excluding hydrogens is 194 g/mol. The fourth-order valence-corrected chi connectivity index (χ4v) is 1.67. The van der Waals surface area contributed by atoms with Crippen molar-refractivity contribution in [1.29, 1.82) is 0 Å². The minimum absolute atomic E-state index is 1.01. The van der Waals surface area contributed by atoms with Crippen LogP contribution in [-0.4, -0.2) is 4.98 Å². The van der Waals surface area contributed by atoms with E-state index in [4.69, 9.17) is 0 Å². The maximum absolute atomic E-state index is 4.39. The van der Waals surface area contributed by atoms with Crippen LogP contribution in [0.4, 0.5) is 0 Å². The number of nitrogens with zero attached hydrogens (tertiary/aromatic N) is 1. The van der Waals surface area contributed by atoms with Crippen molar-refractivity contribution in [1.82, 2.24) is 4.98 Å². The Morgan fingerprint density at radius 3 is 2.69 bits per heavy atom. The molecule has 0 unspecified atom stereocenters. The van der Waals surface area contributed by atoms with E-state index in [-0.39, 0.29) is 0 Å². The van der Waals surface area contributed by atoms with Crippen LogP contribution in [0.25, 0.3) is 11.3 Å². The molecule has 0 aliphatic rings. The van der Waals surface area contributed by atoms with Gasteiger partial charge in [0.25, 0.3) is 0 Å². The van der Waals surface area contributed by atoms with E-state index < -0.39 is 0 Å². The van der Waals surface area contributed by atoms with Crippen LogP contribution in [0.1, 0.15) is 12.0 Å². The van der Waals surface area contributed by atoms with Gasteiger partial charge in [-0.2, -0.15) is 0 Å². The molecule has 0 atom stereocenters. The Kier molecular flexibility index (Phi) is 3.50. The number of hydrogen-bond acceptors (Lipinski definition) is 1. The van der Waals surface area contributed by atoms with E-state index in [0.29, 0.717) is 0 Å². The number of aromatic nitrogens is 1. The Hall–Kier alpha value is -1.89. The molecule has 0 N–H and O–H groups in total. The Balaban J connectivity index is 2.25. The van der Waals surface area contributed by atoms with E-state index >= 15 is 0 Å². The van der Waals surface area contributed by atoms with Crippen molar-refractivity contribution in [3.8, 4) is 11.3 Å². The lowest BCUT2D eigenvalue weighted by molar-refractivity contribution is 0.998. The molecule has 1 heterocycles. The van der Waals surface area contributed by atoms with Crippen molar-refractivity contribution in [2.45, 2.75) is 12.8 Å². The Bertz CT molecular complexity index is 460. The van der Waals surface area contributed by atoms with E-state index in [9.17, 15) is 0 Å². The second-order valence-electron chi connectivity index (χ2n) is 3.74. The third-order valence-corrected chi connectivity index (χ3v) is 2.53. The molecule has 2 aromatic rings. The summed E-state index contributed by atoms with van der Waals surface area (Å²) in [7, 11) is 0. The first-order chi connectivity index (χ1) is 7.90. The highest BCUT2D eigenvalue weighted by atomic mass is 14.7. The molecule has 2 rings (SSSR count). The van der Waals surface area contributed by atoms with Gasteiger partial charge in [0.2, 0.25) is 0 Å². The van der Waals surface area contributed by atoms with Crippen molar-refractivity contribution in [2.75, 3.05) is 0 Å². The molecule has 1 aromatic carbocycles. The normalized spacial score (nSPS) is 10.0. The molecule has 0 spiro atoms. The SMILES string of the molecule is C=CCCc1ccnc(-c2ccccc2)c1. The Labute approximate surface area is 96.5 Å². The predicted octanol–water partition coefficient (Wildman–Crippen LogP) is 3.87. The van der Waals surface area contributed by atoms with E-state index in [1.165, 1.54) is 11.1 Å². The molecule has 80 valence electrons. The lowest BCUT2D eigenvalue weighted by Gasteiger charge is -2.03. The highest BCUT2D eigenvalue weighted by molar-refractivity contribution is 5.59. The van der Waals surface area contributed by atoms with Gasteiger partial charge in [0.1, 0.15) is 0 Å². The maximum atomic E-state index is 4.39. The quantitative estimate of drug-likeness (QED) is 0.697. The summed E-state index contributed by atoms with van der Waals surface area (Å²) in [5, 5.41) is 0. The van der Waals surface area contributed by atoms with Crippen molar-refractivity contribution < 1.29 is 0 Å². The smallest absolute Gasteiger partial charge is 0.0704 e. The summed E-state index contributed by atoms with van der Waals surface area (Å²) in [6, 6.07) is 14.5. The molecular formula is C15H15N. The molecule has 0 saturated heterocycles. The second-order valence-corrected chi connectivity index (χ2v) is 3.74. The van der Waals surface area contributed by atoms with Crippen LogP contribution < -0.4 is 0 Å². The van der Waals surface area contributed by atoms with Crippen LogP contribution in [0.3, 0.4) is 0 Å². The Morgan fingerprint density at radius 2 is 1.94 bits per heavy atom. The fourth-order valence-electron chi connectivity index (χ4n) is 1.67. The monoisotopic (exact) mass is 209 g/mol. The van der Waals surface area contributed by atoms with Gasteiger partial charge in [-0.25, -0.2) is 0 Å². The first-order valence-corrected chi connectivity index (χ1v) is 5.51. The highest BCUT2D eigenvalue weighted by Crippen LogP contribution is 2.17. The molecule has 16 heavy (non-hydrogen) atoms. The maximum Gasteiger partial charge on any atom is 0.0704 e. The van der Waals surface area contributed by atoms with Gasteiger partial charge in [0, 0.05) is 11.8 Å². The molecule has 0 bridgehead atoms. The summed E-state index contributed by atoms with van der Waals surface area (Å²) >= 11 is 0. The van der Waals surface area contributed by atoms with Gasteiger partial charge < -0.3 is 0 Å². The zero-order valence-corrected chi connectivity index (χ0v) is 9.26. The summed E-state index contributed by atoms with van der Waals surface area (Å²) < 4.78 is 0. The number of benzene rings is 1. The highest BCUT2D eigenvalue weighted by Gasteiger charge is 1.99. The number of allylic oxidation sites excluding steroid dienone is 1. The van der Waals surface area contributed by atoms with Gasteiger partial charge in [-0.15, -0.1) is 6.58 Å². The first kappa shape index (κ1) is 10.6. The number of aryl methyl sites for hydroxylation is 1.